The lowest BCUT2D eigenvalue weighted by molar-refractivity contribution is 0.0612. The molecule has 1 aromatic carbocycles. The molecular formula is C11H13O3. The van der Waals surface area contributed by atoms with Gasteiger partial charge in [-0.15, -0.1) is 0 Å². The van der Waals surface area contributed by atoms with Gasteiger partial charge in [-0.3, -0.25) is 0 Å². The molecule has 0 fully saturated rings. The second-order valence-corrected chi connectivity index (χ2v) is 2.60. The van der Waals surface area contributed by atoms with Crippen LogP contribution in [0.1, 0.15) is 24.2 Å². The predicted molar refractivity (Wildman–Crippen MR) is 53.0 cm³/mol. The zero-order chi connectivity index (χ0) is 10.4. The number of hydrogen-bond acceptors (Lipinski definition) is 3. The van der Waals surface area contributed by atoms with Crippen molar-refractivity contribution in [2.75, 3.05) is 6.61 Å². The van der Waals surface area contributed by atoms with Gasteiger partial charge in [0.15, 0.2) is 0 Å². The van der Waals surface area contributed by atoms with E-state index in [2.05, 4.69) is 0 Å². The summed E-state index contributed by atoms with van der Waals surface area (Å²) in [6, 6.07) is 6.91. The minimum absolute atomic E-state index is 0.367. The molecule has 0 unspecified atom stereocenters. The lowest BCUT2D eigenvalue weighted by atomic mass is 10.2. The van der Waals surface area contributed by atoms with E-state index in [1.165, 1.54) is 6.61 Å². The number of hydrogen-bond donors (Lipinski definition) is 0. The van der Waals surface area contributed by atoms with Gasteiger partial charge in [0, 0.05) is 0 Å². The van der Waals surface area contributed by atoms with Crippen LogP contribution in [0.3, 0.4) is 0 Å². The van der Waals surface area contributed by atoms with Crippen molar-refractivity contribution in [3.05, 3.63) is 36.4 Å². The maximum absolute atomic E-state index is 11.3. The van der Waals surface area contributed by atoms with E-state index >= 15 is 0 Å². The molecule has 0 N–H and O–H groups in total. The third-order valence-corrected chi connectivity index (χ3v) is 1.61. The average Bonchev–Trinajstić information content (AvgIpc) is 2.19. The topological polar surface area (TPSA) is 35.5 Å². The van der Waals surface area contributed by atoms with Crippen molar-refractivity contribution in [2.24, 2.45) is 0 Å². The molecule has 0 aromatic heterocycles. The highest BCUT2D eigenvalue weighted by atomic mass is 16.5. The summed E-state index contributed by atoms with van der Waals surface area (Å²) >= 11 is 0. The molecule has 1 rings (SSSR count). The van der Waals surface area contributed by atoms with Gasteiger partial charge in [-0.1, -0.05) is 6.07 Å². The van der Waals surface area contributed by atoms with Gasteiger partial charge < -0.3 is 9.47 Å². The minimum Gasteiger partial charge on any atom is -0.494 e. The monoisotopic (exact) mass is 193 g/mol. The van der Waals surface area contributed by atoms with Gasteiger partial charge in [0.1, 0.15) is 12.4 Å². The first-order chi connectivity index (χ1) is 6.77. The van der Waals surface area contributed by atoms with Crippen molar-refractivity contribution in [2.45, 2.75) is 13.8 Å². The summed E-state index contributed by atoms with van der Waals surface area (Å²) in [7, 11) is 0. The van der Waals surface area contributed by atoms with Crippen LogP contribution in [0, 0.1) is 6.61 Å². The first-order valence-corrected chi connectivity index (χ1v) is 4.49. The van der Waals surface area contributed by atoms with Crippen molar-refractivity contribution in [1.82, 2.24) is 0 Å². The molecule has 14 heavy (non-hydrogen) atoms. The molecule has 1 radical (unpaired) electrons. The lowest BCUT2D eigenvalue weighted by Crippen LogP contribution is -2.02. The highest BCUT2D eigenvalue weighted by Crippen LogP contribution is 2.14. The van der Waals surface area contributed by atoms with E-state index in [0.29, 0.717) is 17.9 Å². The molecule has 0 saturated carbocycles. The largest absolute Gasteiger partial charge is 0.494 e. The van der Waals surface area contributed by atoms with Crippen LogP contribution in [-0.4, -0.2) is 12.6 Å². The van der Waals surface area contributed by atoms with Crippen LogP contribution in [-0.2, 0) is 4.74 Å². The van der Waals surface area contributed by atoms with Gasteiger partial charge in [-0.05, 0) is 32.0 Å². The highest BCUT2D eigenvalue weighted by molar-refractivity contribution is 5.90. The normalized spacial score (nSPS) is 9.57. The van der Waals surface area contributed by atoms with E-state index in [1.54, 1.807) is 31.2 Å². The van der Waals surface area contributed by atoms with E-state index in [1.807, 2.05) is 6.92 Å². The summed E-state index contributed by atoms with van der Waals surface area (Å²) in [5, 5.41) is 0. The van der Waals surface area contributed by atoms with Crippen LogP contribution in [0.15, 0.2) is 24.3 Å². The Balaban J connectivity index is 2.77. The maximum atomic E-state index is 11.3. The van der Waals surface area contributed by atoms with Crippen LogP contribution in [0.25, 0.3) is 0 Å². The molecule has 1 aromatic rings. The number of rotatable bonds is 4. The number of carbonyl (C=O) groups is 1. The van der Waals surface area contributed by atoms with Crippen molar-refractivity contribution < 1.29 is 14.3 Å². The van der Waals surface area contributed by atoms with Crippen LogP contribution < -0.4 is 4.74 Å². The van der Waals surface area contributed by atoms with Gasteiger partial charge in [0.2, 0.25) is 0 Å². The summed E-state index contributed by atoms with van der Waals surface area (Å²) in [4.78, 5) is 11.3. The molecule has 0 saturated heterocycles. The van der Waals surface area contributed by atoms with Gasteiger partial charge in [0.25, 0.3) is 0 Å². The second-order valence-electron chi connectivity index (χ2n) is 2.60. The molecule has 0 aliphatic rings. The molecule has 0 bridgehead atoms. The fourth-order valence-corrected chi connectivity index (χ4v) is 1.05. The SMILES string of the molecule is C[CH]OC(=O)c1cccc(OCC)c1. The Hall–Kier alpha value is -1.51. The molecule has 0 spiro atoms. The Morgan fingerprint density at radius 2 is 2.29 bits per heavy atom. The Kier molecular flexibility index (Phi) is 3.98. The quantitative estimate of drug-likeness (QED) is 0.689. The van der Waals surface area contributed by atoms with Crippen molar-refractivity contribution >= 4 is 5.97 Å². The van der Waals surface area contributed by atoms with Gasteiger partial charge in [0.05, 0.1) is 12.2 Å². The van der Waals surface area contributed by atoms with E-state index < -0.39 is 0 Å². The Bertz CT molecular complexity index is 307. The van der Waals surface area contributed by atoms with E-state index in [-0.39, 0.29) is 5.97 Å². The zero-order valence-electron chi connectivity index (χ0n) is 8.32. The molecule has 0 atom stereocenters. The molecular weight excluding hydrogens is 180 g/mol. The maximum Gasteiger partial charge on any atom is 0.338 e. The summed E-state index contributed by atoms with van der Waals surface area (Å²) in [6.07, 6.45) is 0. The van der Waals surface area contributed by atoms with Crippen LogP contribution in [0.4, 0.5) is 0 Å². The third kappa shape index (κ3) is 2.76. The lowest BCUT2D eigenvalue weighted by Gasteiger charge is -2.04. The van der Waals surface area contributed by atoms with E-state index in [9.17, 15) is 4.79 Å². The highest BCUT2D eigenvalue weighted by Gasteiger charge is 2.06. The summed E-state index contributed by atoms with van der Waals surface area (Å²) in [6.45, 7) is 5.49. The Morgan fingerprint density at radius 3 is 2.93 bits per heavy atom. The summed E-state index contributed by atoms with van der Waals surface area (Å²) in [5.74, 6) is 0.312. The first kappa shape index (κ1) is 10.6. The minimum atomic E-state index is -0.367. The van der Waals surface area contributed by atoms with Crippen LogP contribution in [0.5, 0.6) is 5.75 Å². The molecule has 75 valence electrons. The van der Waals surface area contributed by atoms with Crippen LogP contribution in [0.2, 0.25) is 0 Å². The molecule has 0 heterocycles. The van der Waals surface area contributed by atoms with E-state index in [4.69, 9.17) is 9.47 Å². The number of carbonyl (C=O) groups excluding carboxylic acids is 1. The van der Waals surface area contributed by atoms with Gasteiger partial charge in [-0.25, -0.2) is 4.79 Å². The molecule has 3 nitrogen and oxygen atoms in total. The average molecular weight is 193 g/mol. The fraction of sp³-hybridized carbons (Fsp3) is 0.273. The smallest absolute Gasteiger partial charge is 0.338 e. The number of benzene rings is 1. The Labute approximate surface area is 83.6 Å². The fourth-order valence-electron chi connectivity index (χ4n) is 1.05. The van der Waals surface area contributed by atoms with Crippen molar-refractivity contribution in [3.8, 4) is 5.75 Å². The first-order valence-electron chi connectivity index (χ1n) is 4.49. The molecule has 0 aliphatic carbocycles. The summed E-state index contributed by atoms with van der Waals surface area (Å²) < 4.78 is 10.00. The van der Waals surface area contributed by atoms with Gasteiger partial charge in [-0.2, -0.15) is 0 Å². The standard InChI is InChI=1S/C11H13O3/c1-3-13-10-7-5-6-9(8-10)11(12)14-4-2/h4-8H,3H2,1-2H3. The second kappa shape index (κ2) is 5.27. The number of esters is 1. The number of ether oxygens (including phenoxy) is 2. The third-order valence-electron chi connectivity index (χ3n) is 1.61. The van der Waals surface area contributed by atoms with E-state index in [0.717, 1.165) is 0 Å². The van der Waals surface area contributed by atoms with Crippen molar-refractivity contribution in [1.29, 1.82) is 0 Å². The Morgan fingerprint density at radius 1 is 1.50 bits per heavy atom. The summed E-state index contributed by atoms with van der Waals surface area (Å²) in [5.41, 5.74) is 0.494. The van der Waals surface area contributed by atoms with Crippen molar-refractivity contribution in [3.63, 3.8) is 0 Å². The predicted octanol–water partition coefficient (Wildman–Crippen LogP) is 2.42. The molecule has 0 aliphatic heterocycles. The molecule has 0 amide bonds. The zero-order valence-corrected chi connectivity index (χ0v) is 8.32. The molecule has 3 heteroatoms. The van der Waals surface area contributed by atoms with Crippen LogP contribution >= 0.6 is 0 Å². The van der Waals surface area contributed by atoms with Gasteiger partial charge >= 0.3 is 5.97 Å².